The molecule has 6 nitrogen and oxygen atoms in total. The summed E-state index contributed by atoms with van der Waals surface area (Å²) < 4.78 is 0. The number of piperidine rings is 1. The zero-order valence-corrected chi connectivity index (χ0v) is 15.1. The van der Waals surface area contributed by atoms with E-state index in [4.69, 9.17) is 17.3 Å². The zero-order valence-electron chi connectivity index (χ0n) is 14.3. The summed E-state index contributed by atoms with van der Waals surface area (Å²) in [6, 6.07) is 11.1. The van der Waals surface area contributed by atoms with Crippen LogP contribution in [0.1, 0.15) is 39.3 Å². The Hall–Kier alpha value is -2.44. The van der Waals surface area contributed by atoms with Gasteiger partial charge >= 0.3 is 0 Å². The third kappa shape index (κ3) is 4.80. The molecular weight excluding hydrogens is 352 g/mol. The highest BCUT2D eigenvalue weighted by molar-refractivity contribution is 6.30. The van der Waals surface area contributed by atoms with Crippen LogP contribution in [0.5, 0.6) is 0 Å². The van der Waals surface area contributed by atoms with Gasteiger partial charge in [-0.05, 0) is 42.7 Å². The highest BCUT2D eigenvalue weighted by Gasteiger charge is 2.21. The smallest absolute Gasteiger partial charge is 0.267 e. The third-order valence-corrected chi connectivity index (χ3v) is 4.77. The molecule has 0 spiro atoms. The molecule has 0 radical (unpaired) electrons. The first-order valence-electron chi connectivity index (χ1n) is 8.55. The van der Waals surface area contributed by atoms with Gasteiger partial charge in [-0.2, -0.15) is 0 Å². The fourth-order valence-electron chi connectivity index (χ4n) is 3.03. The predicted molar refractivity (Wildman–Crippen MR) is 100.0 cm³/mol. The Bertz CT molecular complexity index is 769. The fourth-order valence-corrected chi connectivity index (χ4v) is 3.15. The van der Waals surface area contributed by atoms with E-state index in [9.17, 15) is 9.59 Å². The second kappa shape index (κ2) is 8.29. The molecule has 0 aliphatic carbocycles. The van der Waals surface area contributed by atoms with Gasteiger partial charge in [-0.3, -0.25) is 19.5 Å². The molecule has 2 heterocycles. The molecule has 1 saturated heterocycles. The van der Waals surface area contributed by atoms with Gasteiger partial charge in [0.1, 0.15) is 5.69 Å². The number of nitrogens with one attached hydrogen (secondary N) is 1. The van der Waals surface area contributed by atoms with E-state index in [-0.39, 0.29) is 17.6 Å². The summed E-state index contributed by atoms with van der Waals surface area (Å²) in [6.07, 6.45) is 3.17. The number of carbonyl (C=O) groups excluding carboxylic acids is 2. The van der Waals surface area contributed by atoms with Crippen molar-refractivity contribution < 1.29 is 9.59 Å². The summed E-state index contributed by atoms with van der Waals surface area (Å²) in [5.74, 6) is -0.783. The van der Waals surface area contributed by atoms with Crippen molar-refractivity contribution in [2.24, 2.45) is 5.73 Å². The molecule has 136 valence electrons. The number of pyridine rings is 1. The molecule has 26 heavy (non-hydrogen) atoms. The van der Waals surface area contributed by atoms with Gasteiger partial charge < -0.3 is 11.1 Å². The fraction of sp³-hybridized carbons (Fsp3) is 0.316. The van der Waals surface area contributed by atoms with Crippen LogP contribution in [0.15, 0.2) is 42.6 Å². The lowest BCUT2D eigenvalue weighted by atomic mass is 10.0. The lowest BCUT2D eigenvalue weighted by molar-refractivity contribution is 0.0906. The molecule has 1 aromatic heterocycles. The number of likely N-dealkylation sites (tertiary alicyclic amines) is 1. The minimum absolute atomic E-state index is 0.139. The average Bonchev–Trinajstić information content (AvgIpc) is 2.65. The monoisotopic (exact) mass is 372 g/mol. The summed E-state index contributed by atoms with van der Waals surface area (Å²) in [6.45, 7) is 2.73. The largest absolute Gasteiger partial charge is 0.364 e. The Balaban J connectivity index is 1.48. The Morgan fingerprint density at radius 2 is 1.85 bits per heavy atom. The summed E-state index contributed by atoms with van der Waals surface area (Å²) in [7, 11) is 0. The molecule has 2 aromatic rings. The molecule has 2 amide bonds. The number of halogens is 1. The van der Waals surface area contributed by atoms with E-state index in [1.807, 2.05) is 24.3 Å². The van der Waals surface area contributed by atoms with Gasteiger partial charge in [0.2, 0.25) is 0 Å². The first kappa shape index (κ1) is 18.4. The molecule has 0 bridgehead atoms. The molecule has 3 rings (SSSR count). The van der Waals surface area contributed by atoms with E-state index in [0.29, 0.717) is 5.56 Å². The van der Waals surface area contributed by atoms with Gasteiger partial charge in [0, 0.05) is 36.9 Å². The maximum atomic E-state index is 12.3. The van der Waals surface area contributed by atoms with Crippen LogP contribution in [0.25, 0.3) is 0 Å². The Labute approximate surface area is 157 Å². The van der Waals surface area contributed by atoms with Crippen molar-refractivity contribution in [1.29, 1.82) is 0 Å². The lowest BCUT2D eigenvalue weighted by Crippen LogP contribution is -2.44. The number of nitrogens with zero attached hydrogens (tertiary/aromatic N) is 2. The van der Waals surface area contributed by atoms with Crippen molar-refractivity contribution in [2.75, 3.05) is 13.1 Å². The van der Waals surface area contributed by atoms with Crippen LogP contribution in [0.4, 0.5) is 0 Å². The first-order valence-corrected chi connectivity index (χ1v) is 8.92. The van der Waals surface area contributed by atoms with E-state index in [1.165, 1.54) is 17.8 Å². The standard InChI is InChI=1S/C19H21ClN4O2/c20-15-4-1-13(2-5-15)12-24-9-7-16(8-10-24)23-19(26)14-3-6-17(18(21)25)22-11-14/h1-6,11,16H,7-10,12H2,(H2,21,25)(H,23,26). The second-order valence-electron chi connectivity index (χ2n) is 6.45. The van der Waals surface area contributed by atoms with Crippen molar-refractivity contribution >= 4 is 23.4 Å². The number of nitrogens with two attached hydrogens (primary N) is 1. The van der Waals surface area contributed by atoms with Gasteiger partial charge in [0.05, 0.1) is 5.56 Å². The summed E-state index contributed by atoms with van der Waals surface area (Å²) in [5.41, 5.74) is 6.96. The highest BCUT2D eigenvalue weighted by Crippen LogP contribution is 2.16. The Morgan fingerprint density at radius 1 is 1.15 bits per heavy atom. The molecule has 0 saturated carbocycles. The number of carbonyl (C=O) groups is 2. The van der Waals surface area contributed by atoms with Gasteiger partial charge in [-0.25, -0.2) is 0 Å². The van der Waals surface area contributed by atoms with Gasteiger partial charge in [0.25, 0.3) is 11.8 Å². The number of benzene rings is 1. The maximum Gasteiger partial charge on any atom is 0.267 e. The van der Waals surface area contributed by atoms with Crippen molar-refractivity contribution in [3.05, 3.63) is 64.4 Å². The maximum absolute atomic E-state index is 12.3. The second-order valence-corrected chi connectivity index (χ2v) is 6.88. The van der Waals surface area contributed by atoms with Crippen molar-refractivity contribution in [3.8, 4) is 0 Å². The number of amides is 2. The molecule has 3 N–H and O–H groups in total. The number of hydrogen-bond donors (Lipinski definition) is 2. The van der Waals surface area contributed by atoms with Crippen molar-refractivity contribution in [2.45, 2.75) is 25.4 Å². The molecule has 1 fully saturated rings. The van der Waals surface area contributed by atoms with Crippen molar-refractivity contribution in [1.82, 2.24) is 15.2 Å². The molecule has 1 aliphatic rings. The predicted octanol–water partition coefficient (Wildman–Crippen LogP) is 2.23. The van der Waals surface area contributed by atoms with Gasteiger partial charge in [-0.15, -0.1) is 0 Å². The average molecular weight is 373 g/mol. The normalized spacial score (nSPS) is 15.6. The zero-order chi connectivity index (χ0) is 18.5. The SMILES string of the molecule is NC(=O)c1ccc(C(=O)NC2CCN(Cc3ccc(Cl)cc3)CC2)cn1. The van der Waals surface area contributed by atoms with Gasteiger partial charge in [-0.1, -0.05) is 23.7 Å². The van der Waals surface area contributed by atoms with Crippen LogP contribution in [-0.4, -0.2) is 40.8 Å². The number of aromatic nitrogens is 1. The van der Waals surface area contributed by atoms with Crippen LogP contribution in [0.2, 0.25) is 5.02 Å². The van der Waals surface area contributed by atoms with Crippen LogP contribution in [-0.2, 0) is 6.54 Å². The third-order valence-electron chi connectivity index (χ3n) is 4.52. The van der Waals surface area contributed by atoms with Crippen LogP contribution >= 0.6 is 11.6 Å². The van der Waals surface area contributed by atoms with E-state index in [1.54, 1.807) is 6.07 Å². The van der Waals surface area contributed by atoms with E-state index >= 15 is 0 Å². The van der Waals surface area contributed by atoms with E-state index in [0.717, 1.165) is 37.5 Å². The van der Waals surface area contributed by atoms with Crippen LogP contribution < -0.4 is 11.1 Å². The molecular formula is C19H21ClN4O2. The van der Waals surface area contributed by atoms with E-state index in [2.05, 4.69) is 15.2 Å². The highest BCUT2D eigenvalue weighted by atomic mass is 35.5. The Kier molecular flexibility index (Phi) is 5.85. The van der Waals surface area contributed by atoms with Gasteiger partial charge in [0.15, 0.2) is 0 Å². The molecule has 1 aromatic carbocycles. The minimum atomic E-state index is -0.606. The Morgan fingerprint density at radius 3 is 2.42 bits per heavy atom. The number of primary amides is 1. The minimum Gasteiger partial charge on any atom is -0.364 e. The molecule has 1 aliphatic heterocycles. The molecule has 7 heteroatoms. The van der Waals surface area contributed by atoms with Crippen LogP contribution in [0, 0.1) is 0 Å². The first-order chi connectivity index (χ1) is 12.5. The van der Waals surface area contributed by atoms with E-state index < -0.39 is 5.91 Å². The summed E-state index contributed by atoms with van der Waals surface area (Å²) in [4.78, 5) is 29.6. The number of rotatable bonds is 5. The van der Waals surface area contributed by atoms with Crippen LogP contribution in [0.3, 0.4) is 0 Å². The molecule has 0 atom stereocenters. The quantitative estimate of drug-likeness (QED) is 0.842. The number of hydrogen-bond acceptors (Lipinski definition) is 4. The topological polar surface area (TPSA) is 88.3 Å². The lowest BCUT2D eigenvalue weighted by Gasteiger charge is -2.32. The summed E-state index contributed by atoms with van der Waals surface area (Å²) >= 11 is 5.92. The summed E-state index contributed by atoms with van der Waals surface area (Å²) in [5, 5.41) is 3.78. The molecule has 0 unspecified atom stereocenters. The van der Waals surface area contributed by atoms with Crippen molar-refractivity contribution in [3.63, 3.8) is 0 Å².